The number of rotatable bonds is 50. The van der Waals surface area contributed by atoms with Gasteiger partial charge in [-0.1, -0.05) is 248 Å². The molecule has 1 aliphatic heterocycles. The van der Waals surface area contributed by atoms with Gasteiger partial charge in [-0.05, 0) is 70.6 Å². The maximum absolute atomic E-state index is 13.1. The Labute approximate surface area is 430 Å². The second-order valence-corrected chi connectivity index (χ2v) is 20.4. The van der Waals surface area contributed by atoms with Gasteiger partial charge in [0.2, 0.25) is 5.91 Å². The molecule has 0 spiro atoms. The Hall–Kier alpha value is -2.11. The predicted octanol–water partition coefficient (Wildman–Crippen LogP) is 14.7. The van der Waals surface area contributed by atoms with Gasteiger partial charge in [0.25, 0.3) is 0 Å². The summed E-state index contributed by atoms with van der Waals surface area (Å²) >= 11 is 0. The van der Waals surface area contributed by atoms with E-state index < -0.39 is 49.5 Å². The molecule has 0 aromatic rings. The fourth-order valence-electron chi connectivity index (χ4n) is 9.12. The molecule has 0 aliphatic carbocycles. The van der Waals surface area contributed by atoms with E-state index in [1.54, 1.807) is 6.08 Å². The molecule has 6 N–H and O–H groups in total. The van der Waals surface area contributed by atoms with E-state index >= 15 is 0 Å². The van der Waals surface area contributed by atoms with Crippen LogP contribution in [0.2, 0.25) is 0 Å². The molecule has 0 aromatic carbocycles. The Morgan fingerprint density at radius 2 is 0.857 bits per heavy atom. The molecule has 7 atom stereocenters. The molecule has 9 heteroatoms. The van der Waals surface area contributed by atoms with Gasteiger partial charge in [0.15, 0.2) is 6.29 Å². The van der Waals surface area contributed by atoms with Crippen molar-refractivity contribution in [3.05, 3.63) is 60.8 Å². The van der Waals surface area contributed by atoms with Crippen molar-refractivity contribution in [2.45, 2.75) is 307 Å². The lowest BCUT2D eigenvalue weighted by molar-refractivity contribution is -0.302. The molecule has 1 amide bonds. The highest BCUT2D eigenvalue weighted by Crippen LogP contribution is 2.23. The summed E-state index contributed by atoms with van der Waals surface area (Å²) in [5, 5.41) is 54.5. The molecule has 0 bridgehead atoms. The summed E-state index contributed by atoms with van der Waals surface area (Å²) in [6.45, 7) is 3.77. The minimum absolute atomic E-state index is 0.190. The van der Waals surface area contributed by atoms with E-state index in [2.05, 4.69) is 67.8 Å². The van der Waals surface area contributed by atoms with Crippen molar-refractivity contribution in [3.63, 3.8) is 0 Å². The van der Waals surface area contributed by atoms with Gasteiger partial charge in [0.1, 0.15) is 24.4 Å². The fourth-order valence-corrected chi connectivity index (χ4v) is 9.12. The SMILES string of the molecule is CCCCCCC/C=C\C/C=C\C/C=C\CCCCCCCCCCCCC(=O)NC(COC1OC(CO)C(O)C(O)C1O)C(O)/C=C/CC/C=C/CCCCCCCCCCCCCCCCCC. The monoisotopic (exact) mass is 986 g/mol. The van der Waals surface area contributed by atoms with Gasteiger partial charge in [-0.2, -0.15) is 0 Å². The number of aliphatic hydroxyl groups is 5. The molecule has 0 radical (unpaired) electrons. The number of ether oxygens (including phenoxy) is 2. The Balaban J connectivity index is 2.25. The first kappa shape index (κ1) is 65.9. The third-order valence-corrected chi connectivity index (χ3v) is 13.8. The smallest absolute Gasteiger partial charge is 0.220 e. The van der Waals surface area contributed by atoms with Crippen LogP contribution in [-0.2, 0) is 14.3 Å². The van der Waals surface area contributed by atoms with Crippen LogP contribution in [0.3, 0.4) is 0 Å². The topological polar surface area (TPSA) is 149 Å². The van der Waals surface area contributed by atoms with Crippen LogP contribution in [0.1, 0.15) is 264 Å². The highest BCUT2D eigenvalue weighted by molar-refractivity contribution is 5.76. The number of carbonyl (C=O) groups excluding carboxylic acids is 1. The number of allylic oxidation sites excluding steroid dienone is 9. The van der Waals surface area contributed by atoms with E-state index in [9.17, 15) is 30.3 Å². The van der Waals surface area contributed by atoms with Gasteiger partial charge in [-0.25, -0.2) is 0 Å². The molecule has 9 nitrogen and oxygen atoms in total. The van der Waals surface area contributed by atoms with Crippen molar-refractivity contribution >= 4 is 5.91 Å². The molecule has 408 valence electrons. The molecule has 1 aliphatic rings. The quantitative estimate of drug-likeness (QED) is 0.0261. The summed E-state index contributed by atoms with van der Waals surface area (Å²) in [6.07, 6.45) is 61.4. The van der Waals surface area contributed by atoms with Crippen molar-refractivity contribution in [3.8, 4) is 0 Å². The van der Waals surface area contributed by atoms with E-state index in [4.69, 9.17) is 9.47 Å². The van der Waals surface area contributed by atoms with Gasteiger partial charge >= 0.3 is 0 Å². The van der Waals surface area contributed by atoms with Crippen molar-refractivity contribution in [1.29, 1.82) is 0 Å². The number of hydrogen-bond donors (Lipinski definition) is 6. The maximum atomic E-state index is 13.1. The summed E-state index contributed by atoms with van der Waals surface area (Å²) in [5.41, 5.74) is 0. The highest BCUT2D eigenvalue weighted by Gasteiger charge is 2.44. The lowest BCUT2D eigenvalue weighted by Crippen LogP contribution is -2.60. The summed E-state index contributed by atoms with van der Waals surface area (Å²) in [6, 6.07) is -0.827. The Kier molecular flexibility index (Phi) is 47.5. The number of amides is 1. The zero-order valence-electron chi connectivity index (χ0n) is 45.3. The van der Waals surface area contributed by atoms with Crippen LogP contribution in [0.15, 0.2) is 60.8 Å². The second kappa shape index (κ2) is 50.4. The van der Waals surface area contributed by atoms with E-state index in [1.165, 1.54) is 193 Å². The van der Waals surface area contributed by atoms with Gasteiger partial charge in [0, 0.05) is 6.42 Å². The maximum Gasteiger partial charge on any atom is 0.220 e. The van der Waals surface area contributed by atoms with E-state index in [1.807, 2.05) is 6.08 Å². The molecule has 0 saturated carbocycles. The van der Waals surface area contributed by atoms with Crippen LogP contribution >= 0.6 is 0 Å². The number of unbranched alkanes of at least 4 members (excludes halogenated alkanes) is 32. The van der Waals surface area contributed by atoms with Crippen molar-refractivity contribution in [2.75, 3.05) is 13.2 Å². The number of aliphatic hydroxyl groups excluding tert-OH is 5. The van der Waals surface area contributed by atoms with E-state index in [0.29, 0.717) is 6.42 Å². The third-order valence-electron chi connectivity index (χ3n) is 13.8. The molecule has 70 heavy (non-hydrogen) atoms. The third kappa shape index (κ3) is 39.4. The lowest BCUT2D eigenvalue weighted by Gasteiger charge is -2.40. The number of nitrogens with one attached hydrogen (secondary N) is 1. The van der Waals surface area contributed by atoms with Gasteiger partial charge in [0.05, 0.1) is 25.4 Å². The molecule has 7 unspecified atom stereocenters. The van der Waals surface area contributed by atoms with Crippen molar-refractivity contribution < 1.29 is 39.8 Å². The van der Waals surface area contributed by atoms with Crippen LogP contribution in [0.4, 0.5) is 0 Å². The first-order valence-electron chi connectivity index (χ1n) is 29.5. The Morgan fingerprint density at radius 1 is 0.486 bits per heavy atom. The molecule has 1 heterocycles. The fraction of sp³-hybridized carbons (Fsp3) is 0.820. The summed E-state index contributed by atoms with van der Waals surface area (Å²) in [7, 11) is 0. The molecular formula is C61H111NO8. The first-order chi connectivity index (χ1) is 34.3. The first-order valence-corrected chi connectivity index (χ1v) is 29.5. The summed E-state index contributed by atoms with van der Waals surface area (Å²) in [5.74, 6) is -0.190. The van der Waals surface area contributed by atoms with Crippen LogP contribution in [0.5, 0.6) is 0 Å². The average molecular weight is 987 g/mol. The van der Waals surface area contributed by atoms with Crippen LogP contribution < -0.4 is 5.32 Å². The normalized spacial score (nSPS) is 19.8. The molecule has 1 rings (SSSR count). The van der Waals surface area contributed by atoms with Crippen molar-refractivity contribution in [2.24, 2.45) is 0 Å². The standard InChI is InChI=1S/C61H111NO8/c1-3-5-7-9-11-13-15-17-19-21-23-25-27-28-29-31-33-35-37-39-41-43-45-47-49-51-57(65)62-54(53-69-61-60(68)59(67)58(66)56(52-63)70-61)55(64)50-48-46-44-42-40-38-36-34-32-30-26-24-22-20-18-16-14-12-10-8-6-4-2/h15,17,21,23,27-28,40,42,48,50,54-56,58-61,63-64,66-68H,3-14,16,18-20,22,24-26,29-39,41,43-47,49,51-53H2,1-2H3,(H,62,65)/b17-15-,23-21-,28-27-,42-40+,50-48+. The lowest BCUT2D eigenvalue weighted by atomic mass is 9.99. The Bertz CT molecular complexity index is 1280. The predicted molar refractivity (Wildman–Crippen MR) is 295 cm³/mol. The van der Waals surface area contributed by atoms with Gasteiger partial charge in [-0.15, -0.1) is 0 Å². The van der Waals surface area contributed by atoms with Crippen molar-refractivity contribution in [1.82, 2.24) is 5.32 Å². The zero-order valence-corrected chi connectivity index (χ0v) is 45.3. The van der Waals surface area contributed by atoms with E-state index in [0.717, 1.165) is 51.4 Å². The second-order valence-electron chi connectivity index (χ2n) is 20.4. The Morgan fingerprint density at radius 3 is 1.30 bits per heavy atom. The molecule has 1 fully saturated rings. The zero-order chi connectivity index (χ0) is 50.8. The van der Waals surface area contributed by atoms with E-state index in [-0.39, 0.29) is 12.5 Å². The summed E-state index contributed by atoms with van der Waals surface area (Å²) in [4.78, 5) is 13.1. The average Bonchev–Trinajstić information content (AvgIpc) is 3.36. The van der Waals surface area contributed by atoms with Crippen LogP contribution in [0, 0.1) is 0 Å². The minimum Gasteiger partial charge on any atom is -0.394 e. The molecule has 0 aromatic heterocycles. The van der Waals surface area contributed by atoms with Crippen LogP contribution in [-0.4, -0.2) is 87.5 Å². The largest absolute Gasteiger partial charge is 0.394 e. The number of carbonyl (C=O) groups is 1. The molecular weight excluding hydrogens is 875 g/mol. The summed E-state index contributed by atoms with van der Waals surface area (Å²) < 4.78 is 11.3. The molecule has 1 saturated heterocycles. The van der Waals surface area contributed by atoms with Gasteiger partial charge in [-0.3, -0.25) is 4.79 Å². The minimum atomic E-state index is -1.58. The highest BCUT2D eigenvalue weighted by atomic mass is 16.7. The van der Waals surface area contributed by atoms with Gasteiger partial charge < -0.3 is 40.3 Å². The number of hydrogen-bond acceptors (Lipinski definition) is 8. The van der Waals surface area contributed by atoms with Crippen LogP contribution in [0.25, 0.3) is 0 Å².